The Morgan fingerprint density at radius 1 is 1.45 bits per heavy atom. The molecular formula is C7H10Cl2O2. The van der Waals surface area contributed by atoms with Gasteiger partial charge in [-0.05, 0) is 5.92 Å². The Morgan fingerprint density at radius 3 is 2.18 bits per heavy atom. The van der Waals surface area contributed by atoms with E-state index in [9.17, 15) is 4.79 Å². The SMILES string of the molecule is CC(C=C(Cl)Cl)C(C)C(=O)O. The highest BCUT2D eigenvalue weighted by molar-refractivity contribution is 6.55. The zero-order valence-corrected chi connectivity index (χ0v) is 7.86. The van der Waals surface area contributed by atoms with Crippen molar-refractivity contribution in [3.63, 3.8) is 0 Å². The van der Waals surface area contributed by atoms with Crippen molar-refractivity contribution in [2.45, 2.75) is 13.8 Å². The van der Waals surface area contributed by atoms with E-state index in [2.05, 4.69) is 0 Å². The third-order valence-electron chi connectivity index (χ3n) is 1.57. The molecule has 1 N–H and O–H groups in total. The van der Waals surface area contributed by atoms with Crippen molar-refractivity contribution in [3.8, 4) is 0 Å². The monoisotopic (exact) mass is 196 g/mol. The molecule has 0 bridgehead atoms. The molecule has 0 aliphatic heterocycles. The normalized spacial score (nSPS) is 15.3. The van der Waals surface area contributed by atoms with Crippen LogP contribution in [0, 0.1) is 11.8 Å². The van der Waals surface area contributed by atoms with E-state index in [-0.39, 0.29) is 10.4 Å². The van der Waals surface area contributed by atoms with Crippen molar-refractivity contribution in [3.05, 3.63) is 10.6 Å². The quantitative estimate of drug-likeness (QED) is 0.754. The number of carbonyl (C=O) groups is 1. The van der Waals surface area contributed by atoms with Crippen LogP contribution < -0.4 is 0 Å². The minimum atomic E-state index is -0.844. The van der Waals surface area contributed by atoms with Gasteiger partial charge in [0.1, 0.15) is 4.49 Å². The van der Waals surface area contributed by atoms with Crippen LogP contribution in [0.4, 0.5) is 0 Å². The van der Waals surface area contributed by atoms with Crippen LogP contribution in [0.25, 0.3) is 0 Å². The minimum Gasteiger partial charge on any atom is -0.481 e. The van der Waals surface area contributed by atoms with Crippen LogP contribution in [0.1, 0.15) is 13.8 Å². The molecule has 0 spiro atoms. The van der Waals surface area contributed by atoms with Gasteiger partial charge in [-0.25, -0.2) is 0 Å². The summed E-state index contributed by atoms with van der Waals surface area (Å²) < 4.78 is 0.116. The molecule has 0 radical (unpaired) electrons. The smallest absolute Gasteiger partial charge is 0.306 e. The lowest BCUT2D eigenvalue weighted by molar-refractivity contribution is -0.142. The van der Waals surface area contributed by atoms with Crippen molar-refractivity contribution in [2.75, 3.05) is 0 Å². The molecule has 2 nitrogen and oxygen atoms in total. The van der Waals surface area contributed by atoms with Crippen LogP contribution in [0.3, 0.4) is 0 Å². The average molecular weight is 197 g/mol. The summed E-state index contributed by atoms with van der Waals surface area (Å²) in [4.78, 5) is 10.4. The zero-order valence-electron chi connectivity index (χ0n) is 6.34. The number of allylic oxidation sites excluding steroid dienone is 1. The second kappa shape index (κ2) is 4.62. The van der Waals surface area contributed by atoms with Gasteiger partial charge in [-0.3, -0.25) is 4.79 Å². The van der Waals surface area contributed by atoms with Crippen LogP contribution in [0.2, 0.25) is 0 Å². The number of hydrogen-bond acceptors (Lipinski definition) is 1. The van der Waals surface area contributed by atoms with Gasteiger partial charge in [-0.1, -0.05) is 43.1 Å². The summed E-state index contributed by atoms with van der Waals surface area (Å²) in [5, 5.41) is 8.55. The van der Waals surface area contributed by atoms with E-state index in [1.165, 1.54) is 6.08 Å². The van der Waals surface area contributed by atoms with E-state index in [0.717, 1.165) is 0 Å². The fourth-order valence-corrected chi connectivity index (χ4v) is 0.965. The Balaban J connectivity index is 4.14. The van der Waals surface area contributed by atoms with Crippen molar-refractivity contribution in [1.82, 2.24) is 0 Å². The lowest BCUT2D eigenvalue weighted by Gasteiger charge is -2.10. The predicted octanol–water partition coefficient (Wildman–Crippen LogP) is 2.66. The summed E-state index contributed by atoms with van der Waals surface area (Å²) in [7, 11) is 0. The average Bonchev–Trinajstić information content (AvgIpc) is 1.84. The molecule has 0 saturated heterocycles. The van der Waals surface area contributed by atoms with Crippen LogP contribution >= 0.6 is 23.2 Å². The zero-order chi connectivity index (χ0) is 9.02. The van der Waals surface area contributed by atoms with Gasteiger partial charge in [0.05, 0.1) is 5.92 Å². The fourth-order valence-electron chi connectivity index (χ4n) is 0.568. The van der Waals surface area contributed by atoms with Gasteiger partial charge < -0.3 is 5.11 Å². The predicted molar refractivity (Wildman–Crippen MR) is 45.8 cm³/mol. The molecule has 2 unspecified atom stereocenters. The van der Waals surface area contributed by atoms with Crippen molar-refractivity contribution in [1.29, 1.82) is 0 Å². The van der Waals surface area contributed by atoms with Crippen molar-refractivity contribution >= 4 is 29.2 Å². The highest BCUT2D eigenvalue weighted by Crippen LogP contribution is 2.18. The highest BCUT2D eigenvalue weighted by Gasteiger charge is 2.17. The maximum atomic E-state index is 10.4. The summed E-state index contributed by atoms with van der Waals surface area (Å²) in [6.07, 6.45) is 1.52. The molecule has 4 heteroatoms. The van der Waals surface area contributed by atoms with E-state index in [0.29, 0.717) is 0 Å². The number of halogens is 2. The van der Waals surface area contributed by atoms with Gasteiger partial charge in [0.2, 0.25) is 0 Å². The highest BCUT2D eigenvalue weighted by atomic mass is 35.5. The van der Waals surface area contributed by atoms with Crippen molar-refractivity contribution in [2.24, 2.45) is 11.8 Å². The first-order chi connectivity index (χ1) is 4.95. The first-order valence-corrected chi connectivity index (χ1v) is 3.96. The van der Waals surface area contributed by atoms with Gasteiger partial charge in [-0.2, -0.15) is 0 Å². The first-order valence-electron chi connectivity index (χ1n) is 3.20. The number of hydrogen-bond donors (Lipinski definition) is 1. The molecule has 0 fully saturated rings. The number of rotatable bonds is 3. The third-order valence-corrected chi connectivity index (χ3v) is 1.82. The third kappa shape index (κ3) is 4.27. The Hall–Kier alpha value is -0.210. The van der Waals surface area contributed by atoms with Gasteiger partial charge in [0, 0.05) is 0 Å². The summed E-state index contributed by atoms with van der Waals surface area (Å²) in [6, 6.07) is 0. The number of carboxylic acids is 1. The minimum absolute atomic E-state index is 0.116. The molecule has 0 aromatic heterocycles. The molecule has 0 heterocycles. The van der Waals surface area contributed by atoms with Crippen LogP contribution in [0.15, 0.2) is 10.6 Å². The van der Waals surface area contributed by atoms with E-state index in [1.54, 1.807) is 13.8 Å². The number of aliphatic carboxylic acids is 1. The second-order valence-corrected chi connectivity index (χ2v) is 3.45. The number of carboxylic acid groups (broad SMARTS) is 1. The summed E-state index contributed by atoms with van der Waals surface area (Å²) in [5.74, 6) is -1.44. The Morgan fingerprint density at radius 2 is 1.91 bits per heavy atom. The molecule has 0 aliphatic carbocycles. The molecule has 2 atom stereocenters. The summed E-state index contributed by atoms with van der Waals surface area (Å²) >= 11 is 10.7. The maximum absolute atomic E-state index is 10.4. The Labute approximate surface area is 75.8 Å². The lowest BCUT2D eigenvalue weighted by Crippen LogP contribution is -2.16. The Kier molecular flexibility index (Phi) is 4.54. The molecule has 0 saturated carbocycles. The molecule has 0 aliphatic rings. The van der Waals surface area contributed by atoms with Gasteiger partial charge in [-0.15, -0.1) is 0 Å². The van der Waals surface area contributed by atoms with E-state index in [4.69, 9.17) is 28.3 Å². The molecular weight excluding hydrogens is 187 g/mol. The first kappa shape index (κ1) is 10.8. The van der Waals surface area contributed by atoms with Gasteiger partial charge in [0.25, 0.3) is 0 Å². The second-order valence-electron chi connectivity index (χ2n) is 2.44. The van der Waals surface area contributed by atoms with Crippen LogP contribution in [-0.2, 0) is 4.79 Å². The van der Waals surface area contributed by atoms with Gasteiger partial charge in [0.15, 0.2) is 0 Å². The summed E-state index contributed by atoms with van der Waals surface area (Å²) in [6.45, 7) is 3.36. The van der Waals surface area contributed by atoms with Gasteiger partial charge >= 0.3 is 5.97 Å². The van der Waals surface area contributed by atoms with E-state index < -0.39 is 11.9 Å². The van der Waals surface area contributed by atoms with E-state index >= 15 is 0 Å². The lowest BCUT2D eigenvalue weighted by atomic mass is 9.97. The Bertz CT molecular complexity index is 173. The fraction of sp³-hybridized carbons (Fsp3) is 0.571. The van der Waals surface area contributed by atoms with Crippen LogP contribution in [0.5, 0.6) is 0 Å². The van der Waals surface area contributed by atoms with Crippen molar-refractivity contribution < 1.29 is 9.90 Å². The van der Waals surface area contributed by atoms with Crippen LogP contribution in [-0.4, -0.2) is 11.1 Å². The van der Waals surface area contributed by atoms with E-state index in [1.807, 2.05) is 0 Å². The summed E-state index contributed by atoms with van der Waals surface area (Å²) in [5.41, 5.74) is 0. The molecule has 0 amide bonds. The molecule has 64 valence electrons. The molecule has 0 aromatic carbocycles. The molecule has 0 rings (SSSR count). The maximum Gasteiger partial charge on any atom is 0.306 e. The topological polar surface area (TPSA) is 37.3 Å². The standard InChI is InChI=1S/C7H10Cl2O2/c1-4(3-6(8)9)5(2)7(10)11/h3-5H,1-2H3,(H,10,11). The molecule has 11 heavy (non-hydrogen) atoms. The largest absolute Gasteiger partial charge is 0.481 e. The molecule has 0 aromatic rings.